The number of nitrogens with zero attached hydrogens (tertiary/aromatic N) is 2. The van der Waals surface area contributed by atoms with Crippen LogP contribution in [0.4, 0.5) is 10.8 Å². The summed E-state index contributed by atoms with van der Waals surface area (Å²) in [5.41, 5.74) is 1.20. The van der Waals surface area contributed by atoms with Crippen LogP contribution in [0.2, 0.25) is 10.0 Å². The number of halogens is 2. The Morgan fingerprint density at radius 3 is 2.52 bits per heavy atom. The Morgan fingerprint density at radius 1 is 1.24 bits per heavy atom. The molecule has 0 unspecified atom stereocenters. The highest BCUT2D eigenvalue weighted by molar-refractivity contribution is 7.13. The van der Waals surface area contributed by atoms with Gasteiger partial charge in [-0.25, -0.2) is 4.98 Å². The van der Waals surface area contributed by atoms with Crippen molar-refractivity contribution >= 4 is 57.2 Å². The number of likely N-dealkylation sites (N-methyl/N-ethyl adjacent to an activating group) is 1. The maximum absolute atomic E-state index is 12.3. The Morgan fingerprint density at radius 2 is 1.92 bits per heavy atom. The first-order chi connectivity index (χ1) is 11.9. The third kappa shape index (κ3) is 5.97. The molecule has 6 nitrogen and oxygen atoms in total. The van der Waals surface area contributed by atoms with Crippen LogP contribution >= 0.6 is 34.5 Å². The van der Waals surface area contributed by atoms with Gasteiger partial charge in [0.05, 0.1) is 28.0 Å². The normalized spacial score (nSPS) is 10.8. The molecule has 2 amide bonds. The lowest BCUT2D eigenvalue weighted by Gasteiger charge is -2.19. The largest absolute Gasteiger partial charge is 0.322 e. The fraction of sp³-hybridized carbons (Fsp3) is 0.312. The van der Waals surface area contributed by atoms with Crippen LogP contribution in [0, 0.1) is 0 Å². The van der Waals surface area contributed by atoms with Gasteiger partial charge in [0.2, 0.25) is 11.8 Å². The van der Waals surface area contributed by atoms with Crippen LogP contribution < -0.4 is 10.6 Å². The van der Waals surface area contributed by atoms with E-state index in [9.17, 15) is 9.59 Å². The standard InChI is InChI=1S/C16H18Cl2N4O2S/c1-3-22(7-11-9-25-16(20-11)19-10(2)23)8-14(24)21-15-12(17)5-4-6-13(15)18/h4-6,9H,3,7-8H2,1-2H3,(H,21,24)(H,19,20,23). The molecular formula is C16H18Cl2N4O2S. The zero-order chi connectivity index (χ0) is 18.4. The van der Waals surface area contributed by atoms with E-state index < -0.39 is 0 Å². The van der Waals surface area contributed by atoms with Crippen LogP contribution in [-0.4, -0.2) is 34.8 Å². The van der Waals surface area contributed by atoms with E-state index in [2.05, 4.69) is 15.6 Å². The molecule has 0 bridgehead atoms. The summed E-state index contributed by atoms with van der Waals surface area (Å²) in [6.07, 6.45) is 0. The first-order valence-electron chi connectivity index (χ1n) is 7.57. The molecule has 2 aromatic rings. The Balaban J connectivity index is 1.96. The van der Waals surface area contributed by atoms with Gasteiger partial charge in [0.25, 0.3) is 0 Å². The number of thiazole rings is 1. The summed E-state index contributed by atoms with van der Waals surface area (Å²) < 4.78 is 0. The molecule has 0 spiro atoms. The van der Waals surface area contributed by atoms with Gasteiger partial charge in [0.1, 0.15) is 0 Å². The van der Waals surface area contributed by atoms with Crippen LogP contribution in [0.1, 0.15) is 19.5 Å². The number of para-hydroxylation sites is 1. The maximum Gasteiger partial charge on any atom is 0.238 e. The Labute approximate surface area is 160 Å². The summed E-state index contributed by atoms with van der Waals surface area (Å²) in [4.78, 5) is 29.6. The van der Waals surface area contributed by atoms with Gasteiger partial charge < -0.3 is 10.6 Å². The van der Waals surface area contributed by atoms with Crippen molar-refractivity contribution < 1.29 is 9.59 Å². The van der Waals surface area contributed by atoms with E-state index in [-0.39, 0.29) is 18.4 Å². The fourth-order valence-electron chi connectivity index (χ4n) is 2.10. The van der Waals surface area contributed by atoms with Crippen molar-refractivity contribution in [1.29, 1.82) is 0 Å². The van der Waals surface area contributed by atoms with Crippen molar-refractivity contribution in [2.24, 2.45) is 0 Å². The van der Waals surface area contributed by atoms with Gasteiger partial charge in [-0.15, -0.1) is 11.3 Å². The number of benzene rings is 1. The van der Waals surface area contributed by atoms with Crippen LogP contribution in [0.15, 0.2) is 23.6 Å². The summed E-state index contributed by atoms with van der Waals surface area (Å²) in [6, 6.07) is 5.05. The summed E-state index contributed by atoms with van der Waals surface area (Å²) >= 11 is 13.5. The average molecular weight is 401 g/mol. The number of aromatic nitrogens is 1. The van der Waals surface area contributed by atoms with Gasteiger partial charge in [-0.2, -0.15) is 0 Å². The molecule has 0 saturated heterocycles. The van der Waals surface area contributed by atoms with Crippen molar-refractivity contribution in [1.82, 2.24) is 9.88 Å². The molecule has 0 fully saturated rings. The topological polar surface area (TPSA) is 74.3 Å². The molecule has 1 aromatic carbocycles. The molecule has 0 aliphatic rings. The third-order valence-electron chi connectivity index (χ3n) is 3.26. The second-order valence-corrected chi connectivity index (χ2v) is 6.95. The van der Waals surface area contributed by atoms with Crippen molar-refractivity contribution in [2.45, 2.75) is 20.4 Å². The molecule has 0 saturated carbocycles. The zero-order valence-electron chi connectivity index (χ0n) is 13.8. The smallest absolute Gasteiger partial charge is 0.238 e. The van der Waals surface area contributed by atoms with Gasteiger partial charge in [-0.3, -0.25) is 14.5 Å². The van der Waals surface area contributed by atoms with Gasteiger partial charge >= 0.3 is 0 Å². The van der Waals surface area contributed by atoms with E-state index in [1.54, 1.807) is 18.2 Å². The number of hydrogen-bond acceptors (Lipinski definition) is 5. The van der Waals surface area contributed by atoms with Crippen LogP contribution in [0.25, 0.3) is 0 Å². The van der Waals surface area contributed by atoms with E-state index in [0.717, 1.165) is 5.69 Å². The first kappa shape index (κ1) is 19.7. The lowest BCUT2D eigenvalue weighted by atomic mass is 10.3. The van der Waals surface area contributed by atoms with E-state index in [1.807, 2.05) is 17.2 Å². The Bertz CT molecular complexity index is 746. The average Bonchev–Trinajstić information content (AvgIpc) is 2.96. The molecule has 2 N–H and O–H groups in total. The molecule has 9 heteroatoms. The highest BCUT2D eigenvalue weighted by Crippen LogP contribution is 2.29. The van der Waals surface area contributed by atoms with Crippen molar-refractivity contribution in [3.05, 3.63) is 39.3 Å². The number of carbonyl (C=O) groups excluding carboxylic acids is 2. The van der Waals surface area contributed by atoms with E-state index in [0.29, 0.717) is 34.0 Å². The number of hydrogen-bond donors (Lipinski definition) is 2. The molecule has 2 rings (SSSR count). The lowest BCUT2D eigenvalue weighted by Crippen LogP contribution is -2.33. The fourth-order valence-corrected chi connectivity index (χ4v) is 3.33. The van der Waals surface area contributed by atoms with E-state index >= 15 is 0 Å². The molecule has 25 heavy (non-hydrogen) atoms. The summed E-state index contributed by atoms with van der Waals surface area (Å²) in [7, 11) is 0. The minimum absolute atomic E-state index is 0.163. The summed E-state index contributed by atoms with van der Waals surface area (Å²) in [6.45, 7) is 4.72. The SMILES string of the molecule is CCN(CC(=O)Nc1c(Cl)cccc1Cl)Cc1csc(NC(C)=O)n1. The predicted molar refractivity (Wildman–Crippen MR) is 102 cm³/mol. The molecule has 0 radical (unpaired) electrons. The number of amides is 2. The molecule has 1 heterocycles. The summed E-state index contributed by atoms with van der Waals surface area (Å²) in [5, 5.41) is 8.57. The lowest BCUT2D eigenvalue weighted by molar-refractivity contribution is -0.117. The van der Waals surface area contributed by atoms with E-state index in [4.69, 9.17) is 23.2 Å². The Kier molecular flexibility index (Phi) is 7.19. The number of nitrogens with one attached hydrogen (secondary N) is 2. The highest BCUT2D eigenvalue weighted by atomic mass is 35.5. The molecule has 0 aliphatic heterocycles. The van der Waals surface area contributed by atoms with E-state index in [1.165, 1.54) is 18.3 Å². The second-order valence-electron chi connectivity index (χ2n) is 5.27. The van der Waals surface area contributed by atoms with Crippen LogP contribution in [-0.2, 0) is 16.1 Å². The van der Waals surface area contributed by atoms with Crippen molar-refractivity contribution in [2.75, 3.05) is 23.7 Å². The number of rotatable bonds is 7. The molecule has 1 aromatic heterocycles. The van der Waals surface area contributed by atoms with Gasteiger partial charge in [-0.05, 0) is 18.7 Å². The zero-order valence-corrected chi connectivity index (χ0v) is 16.1. The monoisotopic (exact) mass is 400 g/mol. The molecule has 0 aliphatic carbocycles. The van der Waals surface area contributed by atoms with Crippen LogP contribution in [0.3, 0.4) is 0 Å². The van der Waals surface area contributed by atoms with Crippen molar-refractivity contribution in [3.8, 4) is 0 Å². The molecule has 0 atom stereocenters. The number of anilines is 2. The minimum atomic E-state index is -0.214. The third-order valence-corrected chi connectivity index (χ3v) is 4.70. The number of carbonyl (C=O) groups is 2. The Hall–Kier alpha value is -1.67. The summed E-state index contributed by atoms with van der Waals surface area (Å²) in [5.74, 6) is -0.376. The molecule has 134 valence electrons. The minimum Gasteiger partial charge on any atom is -0.322 e. The van der Waals surface area contributed by atoms with Gasteiger partial charge in [0, 0.05) is 18.8 Å². The quantitative estimate of drug-likeness (QED) is 0.739. The predicted octanol–water partition coefficient (Wildman–Crippen LogP) is 3.87. The van der Waals surface area contributed by atoms with Gasteiger partial charge in [-0.1, -0.05) is 36.2 Å². The van der Waals surface area contributed by atoms with Crippen LogP contribution in [0.5, 0.6) is 0 Å². The first-order valence-corrected chi connectivity index (χ1v) is 9.20. The van der Waals surface area contributed by atoms with Gasteiger partial charge in [0.15, 0.2) is 5.13 Å². The van der Waals surface area contributed by atoms with Crippen molar-refractivity contribution in [3.63, 3.8) is 0 Å². The highest BCUT2D eigenvalue weighted by Gasteiger charge is 2.14. The maximum atomic E-state index is 12.3. The second kappa shape index (κ2) is 9.15. The molecular weight excluding hydrogens is 383 g/mol.